The van der Waals surface area contributed by atoms with Crippen molar-refractivity contribution in [2.75, 3.05) is 47.2 Å². The van der Waals surface area contributed by atoms with E-state index >= 15 is 0 Å². The molecule has 138 valence electrons. The number of hydrogen-bond acceptors (Lipinski definition) is 5. The van der Waals surface area contributed by atoms with Crippen molar-refractivity contribution in [2.45, 2.75) is 13.5 Å². The predicted molar refractivity (Wildman–Crippen MR) is 94.9 cm³/mol. The Balaban J connectivity index is 1.93. The molecule has 0 bridgehead atoms. The number of amides is 1. The van der Waals surface area contributed by atoms with Crippen molar-refractivity contribution in [2.24, 2.45) is 4.99 Å². The SMILES string of the molecule is CCNC(=NCC(=O)NCCOC)N(C)Cc1ccc2c(c1)OCO2. The highest BCUT2D eigenvalue weighted by molar-refractivity contribution is 5.84. The summed E-state index contributed by atoms with van der Waals surface area (Å²) in [5, 5.41) is 5.94. The third-order valence-electron chi connectivity index (χ3n) is 3.55. The Labute approximate surface area is 148 Å². The van der Waals surface area contributed by atoms with Crippen LogP contribution in [-0.4, -0.2) is 64.0 Å². The van der Waals surface area contributed by atoms with E-state index in [9.17, 15) is 4.79 Å². The van der Waals surface area contributed by atoms with Crippen LogP contribution in [0.5, 0.6) is 11.5 Å². The van der Waals surface area contributed by atoms with Gasteiger partial charge in [-0.2, -0.15) is 0 Å². The van der Waals surface area contributed by atoms with Gasteiger partial charge >= 0.3 is 0 Å². The molecule has 0 fully saturated rings. The van der Waals surface area contributed by atoms with E-state index in [1.54, 1.807) is 7.11 Å². The molecule has 0 radical (unpaired) electrons. The van der Waals surface area contributed by atoms with Crippen molar-refractivity contribution in [3.8, 4) is 11.5 Å². The Kier molecular flexibility index (Phi) is 7.34. The molecule has 0 saturated carbocycles. The summed E-state index contributed by atoms with van der Waals surface area (Å²) in [5.41, 5.74) is 1.07. The fourth-order valence-electron chi connectivity index (χ4n) is 2.35. The Bertz CT molecular complexity index is 606. The molecule has 1 aliphatic rings. The number of nitrogens with one attached hydrogen (secondary N) is 2. The summed E-state index contributed by atoms with van der Waals surface area (Å²) in [6, 6.07) is 5.85. The van der Waals surface area contributed by atoms with Gasteiger partial charge in [-0.05, 0) is 24.6 Å². The predicted octanol–water partition coefficient (Wildman–Crippen LogP) is 0.575. The lowest BCUT2D eigenvalue weighted by molar-refractivity contribution is -0.119. The largest absolute Gasteiger partial charge is 0.454 e. The molecular weight excluding hydrogens is 324 g/mol. The minimum absolute atomic E-state index is 0.0670. The van der Waals surface area contributed by atoms with E-state index in [0.29, 0.717) is 25.7 Å². The number of fused-ring (bicyclic) bond motifs is 1. The quantitative estimate of drug-likeness (QED) is 0.405. The lowest BCUT2D eigenvalue weighted by atomic mass is 10.2. The van der Waals surface area contributed by atoms with Gasteiger partial charge < -0.3 is 29.7 Å². The summed E-state index contributed by atoms with van der Waals surface area (Å²) in [5.74, 6) is 2.05. The highest BCUT2D eigenvalue weighted by Gasteiger charge is 2.15. The molecule has 0 aliphatic carbocycles. The summed E-state index contributed by atoms with van der Waals surface area (Å²) < 4.78 is 15.6. The maximum Gasteiger partial charge on any atom is 0.241 e. The molecule has 0 unspecified atom stereocenters. The first-order valence-corrected chi connectivity index (χ1v) is 8.27. The summed E-state index contributed by atoms with van der Waals surface area (Å²) in [6.07, 6.45) is 0. The molecule has 1 aromatic rings. The highest BCUT2D eigenvalue weighted by Crippen LogP contribution is 2.32. The monoisotopic (exact) mass is 350 g/mol. The highest BCUT2D eigenvalue weighted by atomic mass is 16.7. The number of methoxy groups -OCH3 is 1. The van der Waals surface area contributed by atoms with Crippen LogP contribution in [0.15, 0.2) is 23.2 Å². The van der Waals surface area contributed by atoms with Crippen LogP contribution in [0.1, 0.15) is 12.5 Å². The van der Waals surface area contributed by atoms with Crippen molar-refractivity contribution in [1.82, 2.24) is 15.5 Å². The lowest BCUT2D eigenvalue weighted by Crippen LogP contribution is -2.39. The summed E-state index contributed by atoms with van der Waals surface area (Å²) >= 11 is 0. The molecule has 8 nitrogen and oxygen atoms in total. The van der Waals surface area contributed by atoms with Gasteiger partial charge in [0.2, 0.25) is 12.7 Å². The topological polar surface area (TPSA) is 84.4 Å². The van der Waals surface area contributed by atoms with Crippen LogP contribution in [0, 0.1) is 0 Å². The lowest BCUT2D eigenvalue weighted by Gasteiger charge is -2.22. The Hall–Kier alpha value is -2.48. The van der Waals surface area contributed by atoms with Gasteiger partial charge in [-0.1, -0.05) is 6.07 Å². The van der Waals surface area contributed by atoms with E-state index in [0.717, 1.165) is 23.6 Å². The van der Waals surface area contributed by atoms with E-state index in [-0.39, 0.29) is 19.2 Å². The Morgan fingerprint density at radius 1 is 1.32 bits per heavy atom. The molecule has 2 rings (SSSR count). The number of guanidine groups is 1. The Morgan fingerprint density at radius 3 is 2.88 bits per heavy atom. The van der Waals surface area contributed by atoms with Crippen LogP contribution in [0.2, 0.25) is 0 Å². The van der Waals surface area contributed by atoms with Gasteiger partial charge in [-0.15, -0.1) is 0 Å². The zero-order valence-electron chi connectivity index (χ0n) is 15.0. The molecule has 25 heavy (non-hydrogen) atoms. The number of hydrogen-bond donors (Lipinski definition) is 2. The molecule has 1 aliphatic heterocycles. The zero-order chi connectivity index (χ0) is 18.1. The fraction of sp³-hybridized carbons (Fsp3) is 0.529. The van der Waals surface area contributed by atoms with Crippen LogP contribution in [0.3, 0.4) is 0 Å². The Morgan fingerprint density at radius 2 is 2.12 bits per heavy atom. The second-order valence-electron chi connectivity index (χ2n) is 5.56. The minimum Gasteiger partial charge on any atom is -0.454 e. The number of carbonyl (C=O) groups is 1. The second kappa shape index (κ2) is 9.73. The normalized spacial score (nSPS) is 12.8. The van der Waals surface area contributed by atoms with Gasteiger partial charge in [0, 0.05) is 33.8 Å². The average molecular weight is 350 g/mol. The van der Waals surface area contributed by atoms with Gasteiger partial charge in [0.05, 0.1) is 6.61 Å². The van der Waals surface area contributed by atoms with E-state index in [4.69, 9.17) is 14.2 Å². The molecule has 1 aromatic carbocycles. The molecule has 2 N–H and O–H groups in total. The van der Waals surface area contributed by atoms with Crippen LogP contribution < -0.4 is 20.1 Å². The first-order valence-electron chi connectivity index (χ1n) is 8.27. The number of ether oxygens (including phenoxy) is 3. The molecule has 0 spiro atoms. The van der Waals surface area contributed by atoms with Gasteiger partial charge in [0.1, 0.15) is 6.54 Å². The van der Waals surface area contributed by atoms with Crippen molar-refractivity contribution in [1.29, 1.82) is 0 Å². The van der Waals surface area contributed by atoms with E-state index in [1.807, 2.05) is 37.1 Å². The smallest absolute Gasteiger partial charge is 0.241 e. The number of nitrogens with zero attached hydrogens (tertiary/aromatic N) is 2. The minimum atomic E-state index is -0.135. The first kappa shape index (κ1) is 18.9. The maximum atomic E-state index is 11.8. The van der Waals surface area contributed by atoms with E-state index in [1.165, 1.54) is 0 Å². The van der Waals surface area contributed by atoms with Crippen LogP contribution >= 0.6 is 0 Å². The molecule has 0 saturated heterocycles. The van der Waals surface area contributed by atoms with Crippen LogP contribution in [0.4, 0.5) is 0 Å². The van der Waals surface area contributed by atoms with Crippen molar-refractivity contribution in [3.05, 3.63) is 23.8 Å². The van der Waals surface area contributed by atoms with Crippen molar-refractivity contribution in [3.63, 3.8) is 0 Å². The van der Waals surface area contributed by atoms with Crippen LogP contribution in [-0.2, 0) is 16.1 Å². The second-order valence-corrected chi connectivity index (χ2v) is 5.56. The number of aliphatic imine (C=N–C) groups is 1. The van der Waals surface area contributed by atoms with Gasteiger partial charge in [-0.3, -0.25) is 4.79 Å². The third-order valence-corrected chi connectivity index (χ3v) is 3.55. The standard InChI is InChI=1S/C17H26N4O4/c1-4-18-17(20-10-16(22)19-7-8-23-3)21(2)11-13-5-6-14-15(9-13)25-12-24-14/h5-6,9H,4,7-8,10-12H2,1-3H3,(H,18,20)(H,19,22). The number of carbonyl (C=O) groups excluding carboxylic acids is 1. The number of benzene rings is 1. The molecular formula is C17H26N4O4. The average Bonchev–Trinajstić information content (AvgIpc) is 3.06. The molecule has 8 heteroatoms. The fourth-order valence-corrected chi connectivity index (χ4v) is 2.35. The van der Waals surface area contributed by atoms with Crippen LogP contribution in [0.25, 0.3) is 0 Å². The van der Waals surface area contributed by atoms with Crippen molar-refractivity contribution < 1.29 is 19.0 Å². The van der Waals surface area contributed by atoms with Gasteiger partial charge in [-0.25, -0.2) is 4.99 Å². The van der Waals surface area contributed by atoms with Gasteiger partial charge in [0.25, 0.3) is 0 Å². The zero-order valence-corrected chi connectivity index (χ0v) is 15.0. The van der Waals surface area contributed by atoms with Crippen molar-refractivity contribution >= 4 is 11.9 Å². The number of rotatable bonds is 8. The molecule has 0 atom stereocenters. The van der Waals surface area contributed by atoms with Gasteiger partial charge in [0.15, 0.2) is 17.5 Å². The summed E-state index contributed by atoms with van der Waals surface area (Å²) in [6.45, 7) is 4.63. The third kappa shape index (κ3) is 5.82. The first-order chi connectivity index (χ1) is 12.1. The summed E-state index contributed by atoms with van der Waals surface area (Å²) in [4.78, 5) is 18.1. The van der Waals surface area contributed by atoms with E-state index in [2.05, 4.69) is 15.6 Å². The summed E-state index contributed by atoms with van der Waals surface area (Å²) in [7, 11) is 3.52. The molecule has 0 aromatic heterocycles. The van der Waals surface area contributed by atoms with E-state index < -0.39 is 0 Å². The molecule has 1 amide bonds. The maximum absolute atomic E-state index is 11.8. The molecule has 1 heterocycles.